The quantitative estimate of drug-likeness (QED) is 0.529. The largest absolute Gasteiger partial charge is 0.499 e. The maximum absolute atomic E-state index is 11.7. The third-order valence-corrected chi connectivity index (χ3v) is 3.68. The van der Waals surface area contributed by atoms with Crippen LogP contribution < -0.4 is 4.74 Å². The SMILES string of the molecule is CCOC(=O)c1cc2c([N+](=O)[O-])c(O)c(OC)cc2s1. The molecule has 1 heterocycles. The molecular weight excluding hydrogens is 286 g/mol. The molecule has 0 aliphatic heterocycles. The molecule has 0 amide bonds. The number of ether oxygens (including phenoxy) is 2. The van der Waals surface area contributed by atoms with Crippen LogP contribution in [0.25, 0.3) is 10.1 Å². The summed E-state index contributed by atoms with van der Waals surface area (Å²) in [5.41, 5.74) is -0.480. The topological polar surface area (TPSA) is 98.9 Å². The van der Waals surface area contributed by atoms with Gasteiger partial charge >= 0.3 is 11.7 Å². The number of benzene rings is 1. The van der Waals surface area contributed by atoms with Gasteiger partial charge in [-0.25, -0.2) is 4.79 Å². The van der Waals surface area contributed by atoms with Gasteiger partial charge < -0.3 is 14.6 Å². The first-order valence-electron chi connectivity index (χ1n) is 5.64. The van der Waals surface area contributed by atoms with Crippen molar-refractivity contribution >= 4 is 33.1 Å². The van der Waals surface area contributed by atoms with Crippen molar-refractivity contribution in [3.63, 3.8) is 0 Å². The van der Waals surface area contributed by atoms with Gasteiger partial charge in [0.25, 0.3) is 0 Å². The second-order valence-electron chi connectivity index (χ2n) is 3.78. The van der Waals surface area contributed by atoms with E-state index >= 15 is 0 Å². The lowest BCUT2D eigenvalue weighted by Crippen LogP contribution is -2.01. The highest BCUT2D eigenvalue weighted by molar-refractivity contribution is 7.20. The Morgan fingerprint density at radius 2 is 2.20 bits per heavy atom. The van der Waals surface area contributed by atoms with Crippen LogP contribution in [0.3, 0.4) is 0 Å². The summed E-state index contributed by atoms with van der Waals surface area (Å²) < 4.78 is 10.2. The van der Waals surface area contributed by atoms with Crippen molar-refractivity contribution in [2.45, 2.75) is 6.92 Å². The van der Waals surface area contributed by atoms with Crippen LogP contribution in [0, 0.1) is 10.1 Å². The maximum Gasteiger partial charge on any atom is 0.348 e. The first-order valence-corrected chi connectivity index (χ1v) is 6.46. The monoisotopic (exact) mass is 297 g/mol. The lowest BCUT2D eigenvalue weighted by molar-refractivity contribution is -0.384. The molecule has 0 saturated heterocycles. The predicted octanol–water partition coefficient (Wildman–Crippen LogP) is 2.70. The second-order valence-corrected chi connectivity index (χ2v) is 4.86. The Kier molecular flexibility index (Phi) is 3.75. The van der Waals surface area contributed by atoms with Crippen molar-refractivity contribution in [1.82, 2.24) is 0 Å². The molecule has 0 radical (unpaired) electrons. The first kappa shape index (κ1) is 14.1. The minimum atomic E-state index is -0.707. The van der Waals surface area contributed by atoms with Crippen molar-refractivity contribution in [2.75, 3.05) is 13.7 Å². The minimum Gasteiger partial charge on any atom is -0.499 e. The van der Waals surface area contributed by atoms with Gasteiger partial charge in [0.1, 0.15) is 4.88 Å². The van der Waals surface area contributed by atoms with Crippen LogP contribution in [0.4, 0.5) is 5.69 Å². The zero-order valence-corrected chi connectivity index (χ0v) is 11.5. The molecule has 1 N–H and O–H groups in total. The normalized spacial score (nSPS) is 10.5. The van der Waals surface area contributed by atoms with Gasteiger partial charge in [-0.1, -0.05) is 0 Å². The van der Waals surface area contributed by atoms with Crippen LogP contribution in [0.1, 0.15) is 16.6 Å². The summed E-state index contributed by atoms with van der Waals surface area (Å²) in [5, 5.41) is 21.1. The number of methoxy groups -OCH3 is 1. The van der Waals surface area contributed by atoms with Gasteiger partial charge in [-0.05, 0) is 13.0 Å². The zero-order chi connectivity index (χ0) is 14.9. The van der Waals surface area contributed by atoms with Gasteiger partial charge in [0, 0.05) is 10.8 Å². The van der Waals surface area contributed by atoms with E-state index in [4.69, 9.17) is 9.47 Å². The molecule has 0 fully saturated rings. The molecule has 0 saturated carbocycles. The van der Waals surface area contributed by atoms with Gasteiger partial charge in [0.05, 0.1) is 24.0 Å². The molecule has 0 unspecified atom stereocenters. The molecule has 20 heavy (non-hydrogen) atoms. The lowest BCUT2D eigenvalue weighted by atomic mass is 10.2. The van der Waals surface area contributed by atoms with Crippen molar-refractivity contribution in [2.24, 2.45) is 0 Å². The Labute approximate surface area is 117 Å². The van der Waals surface area contributed by atoms with Gasteiger partial charge in [-0.2, -0.15) is 0 Å². The lowest BCUT2D eigenvalue weighted by Gasteiger charge is -2.04. The number of rotatable bonds is 4. The van der Waals surface area contributed by atoms with Crippen LogP contribution in [0.15, 0.2) is 12.1 Å². The molecule has 1 aromatic carbocycles. The van der Waals surface area contributed by atoms with Crippen LogP contribution in [-0.4, -0.2) is 29.7 Å². The molecule has 1 aromatic heterocycles. The summed E-state index contributed by atoms with van der Waals surface area (Å²) in [6.45, 7) is 1.88. The Hall–Kier alpha value is -2.35. The number of esters is 1. The van der Waals surface area contributed by atoms with Gasteiger partial charge in [0.2, 0.25) is 5.75 Å². The third-order valence-electron chi connectivity index (χ3n) is 2.61. The zero-order valence-electron chi connectivity index (χ0n) is 10.7. The Morgan fingerprint density at radius 3 is 2.75 bits per heavy atom. The number of hydrogen-bond donors (Lipinski definition) is 1. The Morgan fingerprint density at radius 1 is 1.50 bits per heavy atom. The van der Waals surface area contributed by atoms with Crippen LogP contribution >= 0.6 is 11.3 Å². The molecule has 0 spiro atoms. The summed E-state index contributed by atoms with van der Waals surface area (Å²) in [6.07, 6.45) is 0. The van der Waals surface area contributed by atoms with E-state index in [2.05, 4.69) is 0 Å². The Balaban J connectivity index is 2.70. The fourth-order valence-electron chi connectivity index (χ4n) is 1.77. The number of nitrogens with zero attached hydrogens (tertiary/aromatic N) is 1. The third kappa shape index (κ3) is 2.25. The smallest absolute Gasteiger partial charge is 0.348 e. The molecule has 0 atom stereocenters. The van der Waals surface area contributed by atoms with E-state index < -0.39 is 22.3 Å². The number of phenolic OH excluding ortho intramolecular Hbond substituents is 1. The molecular formula is C12H11NO6S. The average Bonchev–Trinajstić information content (AvgIpc) is 2.81. The highest BCUT2D eigenvalue weighted by atomic mass is 32.1. The average molecular weight is 297 g/mol. The van der Waals surface area contributed by atoms with E-state index in [9.17, 15) is 20.0 Å². The van der Waals surface area contributed by atoms with Crippen LogP contribution in [-0.2, 0) is 4.74 Å². The number of phenols is 1. The van der Waals surface area contributed by atoms with Crippen LogP contribution in [0.2, 0.25) is 0 Å². The Bertz CT molecular complexity index is 693. The highest BCUT2D eigenvalue weighted by Gasteiger charge is 2.26. The number of nitro groups is 1. The molecule has 7 nitrogen and oxygen atoms in total. The molecule has 0 bridgehead atoms. The van der Waals surface area contributed by atoms with Crippen LogP contribution in [0.5, 0.6) is 11.5 Å². The van der Waals surface area contributed by atoms with Crippen molar-refractivity contribution in [1.29, 1.82) is 0 Å². The van der Waals surface area contributed by atoms with Gasteiger partial charge in [0.15, 0.2) is 5.75 Å². The number of nitro benzene ring substituents is 1. The number of carbonyl (C=O) groups is 1. The van der Waals surface area contributed by atoms with E-state index in [0.717, 1.165) is 11.3 Å². The summed E-state index contributed by atoms with van der Waals surface area (Å²) in [5.74, 6) is -1.12. The molecule has 0 aliphatic rings. The summed E-state index contributed by atoms with van der Waals surface area (Å²) in [6, 6.07) is 2.79. The fourth-order valence-corrected chi connectivity index (χ4v) is 2.76. The van der Waals surface area contributed by atoms with E-state index in [-0.39, 0.29) is 22.6 Å². The summed E-state index contributed by atoms with van der Waals surface area (Å²) in [7, 11) is 1.30. The number of carbonyl (C=O) groups excluding carboxylic acids is 1. The summed E-state index contributed by atoms with van der Waals surface area (Å²) >= 11 is 1.05. The number of hydrogen-bond acceptors (Lipinski definition) is 7. The fraction of sp³-hybridized carbons (Fsp3) is 0.250. The summed E-state index contributed by atoms with van der Waals surface area (Å²) in [4.78, 5) is 22.3. The van der Waals surface area contributed by atoms with Crippen molar-refractivity contribution in [3.05, 3.63) is 27.1 Å². The molecule has 0 aliphatic carbocycles. The first-order chi connectivity index (χ1) is 9.49. The number of fused-ring (bicyclic) bond motifs is 1. The molecule has 2 aromatic rings. The van der Waals surface area contributed by atoms with Gasteiger partial charge in [-0.15, -0.1) is 11.3 Å². The highest BCUT2D eigenvalue weighted by Crippen LogP contribution is 2.45. The molecule has 8 heteroatoms. The van der Waals surface area contributed by atoms with Gasteiger partial charge in [-0.3, -0.25) is 10.1 Å². The van der Waals surface area contributed by atoms with E-state index in [1.54, 1.807) is 6.92 Å². The van der Waals surface area contributed by atoms with E-state index in [1.165, 1.54) is 19.2 Å². The molecule has 2 rings (SSSR count). The number of thiophene rings is 1. The predicted molar refractivity (Wildman–Crippen MR) is 72.7 cm³/mol. The standard InChI is InChI=1S/C12H11NO6S/c1-3-19-12(15)9-4-6-8(20-9)5-7(18-2)11(14)10(6)13(16)17/h4-5,14H,3H2,1-2H3. The number of aromatic hydroxyl groups is 1. The minimum absolute atomic E-state index is 0.0125. The van der Waals surface area contributed by atoms with E-state index in [0.29, 0.717) is 4.70 Å². The maximum atomic E-state index is 11.7. The van der Waals surface area contributed by atoms with E-state index in [1.807, 2.05) is 0 Å². The van der Waals surface area contributed by atoms with Crippen molar-refractivity contribution < 1.29 is 24.3 Å². The molecule has 106 valence electrons. The van der Waals surface area contributed by atoms with Crippen molar-refractivity contribution in [3.8, 4) is 11.5 Å². The second kappa shape index (κ2) is 5.33.